The number of nitrogens with one attached hydrogen (secondary N) is 1. The molecule has 4 aromatic rings. The second-order valence-electron chi connectivity index (χ2n) is 9.78. The van der Waals surface area contributed by atoms with Gasteiger partial charge in [0.2, 0.25) is 0 Å². The molecular formula is C27H28ClNO4S3. The van der Waals surface area contributed by atoms with Crippen LogP contribution in [0.5, 0.6) is 5.06 Å². The zero-order valence-corrected chi connectivity index (χ0v) is 24.1. The first-order valence-electron chi connectivity index (χ1n) is 11.2. The molecule has 0 radical (unpaired) electrons. The Bertz CT molecular complexity index is 1560. The van der Waals surface area contributed by atoms with E-state index in [2.05, 4.69) is 19.2 Å². The van der Waals surface area contributed by atoms with Crippen LogP contribution in [0.15, 0.2) is 54.6 Å². The zero-order chi connectivity index (χ0) is 26.5. The monoisotopic (exact) mass is 561 g/mol. The minimum absolute atomic E-state index is 0.246. The van der Waals surface area contributed by atoms with Crippen molar-refractivity contribution in [2.75, 3.05) is 18.7 Å². The Labute approximate surface area is 225 Å². The second kappa shape index (κ2) is 9.49. The highest BCUT2D eigenvalue weighted by molar-refractivity contribution is 7.91. The molecular weight excluding hydrogens is 534 g/mol. The zero-order valence-electron chi connectivity index (χ0n) is 20.9. The fourth-order valence-electron chi connectivity index (χ4n) is 3.87. The Kier molecular flexibility index (Phi) is 7.03. The molecule has 0 aliphatic heterocycles. The van der Waals surface area contributed by atoms with Crippen molar-refractivity contribution < 1.29 is 17.9 Å². The predicted octanol–water partition coefficient (Wildman–Crippen LogP) is 7.48. The van der Waals surface area contributed by atoms with Gasteiger partial charge in [0.15, 0.2) is 14.9 Å². The van der Waals surface area contributed by atoms with Crippen molar-refractivity contribution in [3.05, 3.63) is 80.5 Å². The molecule has 1 N–H and O–H groups in total. The van der Waals surface area contributed by atoms with Crippen molar-refractivity contribution in [1.82, 2.24) is 0 Å². The number of halogens is 1. The number of fused-ring (bicyclic) bond motifs is 1. The number of carbonyl (C=O) groups excluding carboxylic acids is 1. The number of hydrogen-bond acceptors (Lipinski definition) is 6. The highest BCUT2D eigenvalue weighted by atomic mass is 35.5. The van der Waals surface area contributed by atoms with Gasteiger partial charge in [-0.05, 0) is 78.9 Å². The number of rotatable bonds is 7. The van der Waals surface area contributed by atoms with E-state index in [0.717, 1.165) is 25.6 Å². The van der Waals surface area contributed by atoms with Crippen LogP contribution in [0.1, 0.15) is 53.4 Å². The minimum Gasteiger partial charge on any atom is -0.487 e. The summed E-state index contributed by atoms with van der Waals surface area (Å²) in [7, 11) is -1.66. The molecule has 0 aliphatic carbocycles. The van der Waals surface area contributed by atoms with Crippen LogP contribution in [0.25, 0.3) is 10.1 Å². The van der Waals surface area contributed by atoms with Crippen LogP contribution in [-0.4, -0.2) is 27.7 Å². The highest BCUT2D eigenvalue weighted by Gasteiger charge is 2.32. The van der Waals surface area contributed by atoms with E-state index in [-0.39, 0.29) is 11.3 Å². The van der Waals surface area contributed by atoms with E-state index in [1.165, 1.54) is 17.6 Å². The molecule has 190 valence electrons. The smallest absolute Gasteiger partial charge is 0.265 e. The molecule has 36 heavy (non-hydrogen) atoms. The summed E-state index contributed by atoms with van der Waals surface area (Å²) >= 11 is 9.38. The Morgan fingerprint density at radius 1 is 0.944 bits per heavy atom. The lowest BCUT2D eigenvalue weighted by Crippen LogP contribution is -2.27. The maximum atomic E-state index is 13.2. The van der Waals surface area contributed by atoms with Crippen LogP contribution in [0.2, 0.25) is 5.02 Å². The maximum Gasteiger partial charge on any atom is 0.265 e. The fraction of sp³-hybridized carbons (Fsp3) is 0.296. The van der Waals surface area contributed by atoms with Crippen LogP contribution in [0, 0.1) is 0 Å². The summed E-state index contributed by atoms with van der Waals surface area (Å²) in [6.07, 6.45) is 1.24. The summed E-state index contributed by atoms with van der Waals surface area (Å²) in [6, 6.07) is 16.9. The standard InChI is InChI=1S/C27H28ClNO4S3/c1-26(2,23-9-10-24(33-5)35-23)18-13-19(28)15-20(14-18)29-25(30)22-12-16-11-17(7-8-21(16)34-22)27(3,4)36(6,31)32/h7-15H,1-6H3,(H,29,30). The number of amides is 1. The van der Waals surface area contributed by atoms with Crippen molar-refractivity contribution in [3.63, 3.8) is 0 Å². The van der Waals surface area contributed by atoms with Gasteiger partial charge in [0, 0.05) is 32.0 Å². The number of methoxy groups -OCH3 is 1. The van der Waals surface area contributed by atoms with Gasteiger partial charge in [0.25, 0.3) is 5.91 Å². The topological polar surface area (TPSA) is 72.5 Å². The molecule has 5 nitrogen and oxygen atoms in total. The summed E-state index contributed by atoms with van der Waals surface area (Å²) in [4.78, 5) is 14.8. The third-order valence-corrected chi connectivity index (χ3v) is 11.4. The maximum absolute atomic E-state index is 13.2. The lowest BCUT2D eigenvalue weighted by Gasteiger charge is -2.25. The van der Waals surface area contributed by atoms with Gasteiger partial charge < -0.3 is 10.1 Å². The normalized spacial score (nSPS) is 12.6. The van der Waals surface area contributed by atoms with Crippen molar-refractivity contribution in [3.8, 4) is 5.06 Å². The number of thiophene rings is 2. The van der Waals surface area contributed by atoms with Crippen LogP contribution in [-0.2, 0) is 20.0 Å². The Morgan fingerprint density at radius 2 is 1.67 bits per heavy atom. The van der Waals surface area contributed by atoms with E-state index in [4.69, 9.17) is 16.3 Å². The van der Waals surface area contributed by atoms with Crippen molar-refractivity contribution in [2.24, 2.45) is 0 Å². The van der Waals surface area contributed by atoms with Crippen LogP contribution in [0.4, 0.5) is 5.69 Å². The Morgan fingerprint density at radius 3 is 2.31 bits per heavy atom. The third-order valence-electron chi connectivity index (χ3n) is 6.64. The van der Waals surface area contributed by atoms with E-state index >= 15 is 0 Å². The van der Waals surface area contributed by atoms with Gasteiger partial charge in [-0.1, -0.05) is 31.5 Å². The fourth-order valence-corrected chi connectivity index (χ4v) is 6.54. The second-order valence-corrected chi connectivity index (χ2v) is 14.9. The number of benzene rings is 2. The number of carbonyl (C=O) groups is 1. The SMILES string of the molecule is COc1ccc(C(C)(C)c2cc(Cl)cc(NC(=O)c3cc4cc(C(C)(C)S(C)(=O)=O)ccc4s3)c2)s1. The molecule has 0 fully saturated rings. The molecule has 0 spiro atoms. The first-order chi connectivity index (χ1) is 16.7. The first kappa shape index (κ1) is 26.7. The van der Waals surface area contributed by atoms with E-state index in [1.54, 1.807) is 44.4 Å². The van der Waals surface area contributed by atoms with Gasteiger partial charge in [-0.15, -0.1) is 22.7 Å². The summed E-state index contributed by atoms with van der Waals surface area (Å²) in [5, 5.41) is 5.18. The molecule has 4 rings (SSSR count). The molecule has 0 saturated heterocycles. The van der Waals surface area contributed by atoms with Crippen LogP contribution >= 0.6 is 34.3 Å². The number of hydrogen-bond donors (Lipinski definition) is 1. The van der Waals surface area contributed by atoms with Gasteiger partial charge >= 0.3 is 0 Å². The molecule has 0 atom stereocenters. The molecule has 0 bridgehead atoms. The Hall–Kier alpha value is -2.39. The average Bonchev–Trinajstić information content (AvgIpc) is 3.45. The molecule has 2 aromatic heterocycles. The van der Waals surface area contributed by atoms with Crippen molar-refractivity contribution in [1.29, 1.82) is 0 Å². The summed E-state index contributed by atoms with van der Waals surface area (Å²) in [5.74, 6) is -0.246. The molecule has 0 saturated carbocycles. The molecule has 9 heteroatoms. The number of anilines is 1. The predicted molar refractivity (Wildman–Crippen MR) is 152 cm³/mol. The van der Waals surface area contributed by atoms with Gasteiger partial charge in [-0.25, -0.2) is 8.42 Å². The largest absolute Gasteiger partial charge is 0.487 e. The quantitative estimate of drug-likeness (QED) is 0.254. The molecule has 2 heterocycles. The van der Waals surface area contributed by atoms with Crippen LogP contribution in [0.3, 0.4) is 0 Å². The van der Waals surface area contributed by atoms with Crippen LogP contribution < -0.4 is 10.1 Å². The van der Waals surface area contributed by atoms with Gasteiger partial charge in [-0.2, -0.15) is 0 Å². The summed E-state index contributed by atoms with van der Waals surface area (Å²) < 4.78 is 29.8. The Balaban J connectivity index is 1.62. The van der Waals surface area contributed by atoms with E-state index in [1.807, 2.05) is 42.5 Å². The lowest BCUT2D eigenvalue weighted by atomic mass is 9.83. The highest BCUT2D eigenvalue weighted by Crippen LogP contribution is 2.40. The molecule has 1 amide bonds. The summed E-state index contributed by atoms with van der Waals surface area (Å²) in [6.45, 7) is 7.59. The van der Waals surface area contributed by atoms with E-state index < -0.39 is 14.6 Å². The van der Waals surface area contributed by atoms with Gasteiger partial charge in [0.1, 0.15) is 0 Å². The lowest BCUT2D eigenvalue weighted by molar-refractivity contribution is 0.103. The van der Waals surface area contributed by atoms with Gasteiger partial charge in [0.05, 0.1) is 16.7 Å². The molecule has 2 aromatic carbocycles. The van der Waals surface area contributed by atoms with E-state index in [0.29, 0.717) is 21.2 Å². The molecule has 0 aliphatic rings. The number of ether oxygens (including phenoxy) is 1. The molecule has 0 unspecified atom stereocenters. The minimum atomic E-state index is -3.31. The van der Waals surface area contributed by atoms with Crippen molar-refractivity contribution in [2.45, 2.75) is 37.9 Å². The van der Waals surface area contributed by atoms with E-state index in [9.17, 15) is 13.2 Å². The van der Waals surface area contributed by atoms with Gasteiger partial charge in [-0.3, -0.25) is 4.79 Å². The first-order valence-corrected chi connectivity index (χ1v) is 15.1. The third kappa shape index (κ3) is 5.05. The summed E-state index contributed by atoms with van der Waals surface area (Å²) in [5.41, 5.74) is 1.93. The average molecular weight is 562 g/mol. The number of sulfone groups is 1. The van der Waals surface area contributed by atoms with Crippen molar-refractivity contribution >= 4 is 65.8 Å².